The summed E-state index contributed by atoms with van der Waals surface area (Å²) in [6.45, 7) is 7.57. The smallest absolute Gasteiger partial charge is 0.224 e. The Hall–Kier alpha value is -0.780. The van der Waals surface area contributed by atoms with Crippen LogP contribution in [0.5, 0.6) is 0 Å². The van der Waals surface area contributed by atoms with Gasteiger partial charge in [-0.15, -0.1) is 24.8 Å². The molecule has 5 nitrogen and oxygen atoms in total. The SMILES string of the molecule is CNCCN(C)C(=O)CC(C)n1nc(C)cc1C.Cl.Cl. The summed E-state index contributed by atoms with van der Waals surface area (Å²) < 4.78 is 1.93. The number of aromatic nitrogens is 2. The van der Waals surface area contributed by atoms with Crippen LogP contribution in [0.4, 0.5) is 0 Å². The highest BCUT2D eigenvalue weighted by atomic mass is 35.5. The van der Waals surface area contributed by atoms with Crippen molar-refractivity contribution in [3.8, 4) is 0 Å². The summed E-state index contributed by atoms with van der Waals surface area (Å²) in [4.78, 5) is 13.8. The molecule has 0 saturated heterocycles. The quantitative estimate of drug-likeness (QED) is 0.870. The second-order valence-corrected chi connectivity index (χ2v) is 4.84. The van der Waals surface area contributed by atoms with Crippen LogP contribution in [-0.2, 0) is 4.79 Å². The highest BCUT2D eigenvalue weighted by Gasteiger charge is 2.16. The predicted octanol–water partition coefficient (Wildman–Crippen LogP) is 1.97. The third-order valence-corrected chi connectivity index (χ3v) is 3.06. The van der Waals surface area contributed by atoms with E-state index in [1.807, 2.05) is 45.6 Å². The molecule has 0 saturated carbocycles. The number of aryl methyl sites for hydroxylation is 2. The lowest BCUT2D eigenvalue weighted by molar-refractivity contribution is -0.130. The second-order valence-electron chi connectivity index (χ2n) is 4.84. The molecule has 0 aliphatic heterocycles. The van der Waals surface area contributed by atoms with Gasteiger partial charge in [0, 0.05) is 32.3 Å². The molecule has 7 heteroatoms. The normalized spacial score (nSPS) is 11.2. The van der Waals surface area contributed by atoms with Crippen molar-refractivity contribution in [3.05, 3.63) is 17.5 Å². The highest BCUT2D eigenvalue weighted by molar-refractivity contribution is 5.85. The lowest BCUT2D eigenvalue weighted by atomic mass is 10.2. The van der Waals surface area contributed by atoms with Crippen LogP contribution in [0.2, 0.25) is 0 Å². The summed E-state index contributed by atoms with van der Waals surface area (Å²) in [6, 6.07) is 2.13. The van der Waals surface area contributed by atoms with Gasteiger partial charge in [-0.25, -0.2) is 0 Å². The largest absolute Gasteiger partial charge is 0.344 e. The van der Waals surface area contributed by atoms with E-state index in [9.17, 15) is 4.79 Å². The van der Waals surface area contributed by atoms with Gasteiger partial charge in [0.25, 0.3) is 0 Å². The summed E-state index contributed by atoms with van der Waals surface area (Å²) >= 11 is 0. The Kier molecular flexibility index (Phi) is 10.8. The lowest BCUT2D eigenvalue weighted by Gasteiger charge is -2.20. The van der Waals surface area contributed by atoms with Crippen molar-refractivity contribution in [2.24, 2.45) is 0 Å². The van der Waals surface area contributed by atoms with Crippen molar-refractivity contribution in [1.82, 2.24) is 20.0 Å². The molecular formula is C13H26Cl2N4O. The lowest BCUT2D eigenvalue weighted by Crippen LogP contribution is -2.34. The molecule has 1 heterocycles. The van der Waals surface area contributed by atoms with Crippen LogP contribution in [0.3, 0.4) is 0 Å². The number of hydrogen-bond acceptors (Lipinski definition) is 3. The van der Waals surface area contributed by atoms with Crippen LogP contribution in [0, 0.1) is 13.8 Å². The Morgan fingerprint density at radius 1 is 1.45 bits per heavy atom. The van der Waals surface area contributed by atoms with Crippen LogP contribution in [0.15, 0.2) is 6.07 Å². The van der Waals surface area contributed by atoms with Gasteiger partial charge in [-0.05, 0) is 33.9 Å². The number of nitrogens with one attached hydrogen (secondary N) is 1. The van der Waals surface area contributed by atoms with Crippen molar-refractivity contribution < 1.29 is 4.79 Å². The van der Waals surface area contributed by atoms with E-state index >= 15 is 0 Å². The molecule has 0 radical (unpaired) electrons. The first kappa shape index (κ1) is 21.5. The molecule has 1 unspecified atom stereocenters. The first-order chi connectivity index (χ1) is 8.45. The monoisotopic (exact) mass is 324 g/mol. The van der Waals surface area contributed by atoms with Gasteiger partial charge in [-0.3, -0.25) is 9.48 Å². The molecule has 1 aromatic rings. The third kappa shape index (κ3) is 6.11. The Bertz CT molecular complexity index is 409. The summed E-state index contributed by atoms with van der Waals surface area (Å²) in [7, 11) is 3.73. The van der Waals surface area contributed by atoms with Crippen molar-refractivity contribution in [2.45, 2.75) is 33.2 Å². The predicted molar refractivity (Wildman–Crippen MR) is 87.1 cm³/mol. The van der Waals surface area contributed by atoms with Crippen LogP contribution in [0.25, 0.3) is 0 Å². The summed E-state index contributed by atoms with van der Waals surface area (Å²) in [5.74, 6) is 0.158. The zero-order chi connectivity index (χ0) is 13.7. The topological polar surface area (TPSA) is 50.2 Å². The maximum absolute atomic E-state index is 12.0. The van der Waals surface area contributed by atoms with Gasteiger partial charge in [-0.2, -0.15) is 5.10 Å². The van der Waals surface area contributed by atoms with Gasteiger partial charge in [0.05, 0.1) is 11.7 Å². The van der Waals surface area contributed by atoms with Gasteiger partial charge in [0.2, 0.25) is 5.91 Å². The van der Waals surface area contributed by atoms with Gasteiger partial charge in [0.15, 0.2) is 0 Å². The van der Waals surface area contributed by atoms with Crippen LogP contribution in [0.1, 0.15) is 30.8 Å². The number of carbonyl (C=O) groups excluding carboxylic acids is 1. The fourth-order valence-corrected chi connectivity index (χ4v) is 1.99. The Morgan fingerprint density at radius 3 is 2.50 bits per heavy atom. The van der Waals surface area contributed by atoms with E-state index in [1.54, 1.807) is 4.90 Å². The van der Waals surface area contributed by atoms with Gasteiger partial charge in [0.1, 0.15) is 0 Å². The molecule has 0 aliphatic carbocycles. The molecule has 0 spiro atoms. The molecule has 0 fully saturated rings. The van der Waals surface area contributed by atoms with Gasteiger partial charge in [-0.1, -0.05) is 0 Å². The van der Waals surface area contributed by atoms with Gasteiger partial charge >= 0.3 is 0 Å². The molecule has 1 atom stereocenters. The first-order valence-electron chi connectivity index (χ1n) is 6.37. The minimum atomic E-state index is 0. The van der Waals surface area contributed by atoms with Crippen molar-refractivity contribution in [3.63, 3.8) is 0 Å². The maximum Gasteiger partial charge on any atom is 0.224 e. The zero-order valence-electron chi connectivity index (χ0n) is 12.8. The van der Waals surface area contributed by atoms with E-state index in [2.05, 4.69) is 10.4 Å². The fourth-order valence-electron chi connectivity index (χ4n) is 1.99. The summed E-state index contributed by atoms with van der Waals surface area (Å²) in [6.07, 6.45) is 0.488. The molecule has 1 N–H and O–H groups in total. The minimum absolute atomic E-state index is 0. The molecule has 118 valence electrons. The molecule has 0 bridgehead atoms. The molecule has 1 aromatic heterocycles. The summed E-state index contributed by atoms with van der Waals surface area (Å²) in [5.41, 5.74) is 2.10. The van der Waals surface area contributed by atoms with Gasteiger partial charge < -0.3 is 10.2 Å². The number of nitrogens with zero attached hydrogens (tertiary/aromatic N) is 3. The standard InChI is InChI=1S/C13H24N4O.2ClH/c1-10-8-11(2)17(15-10)12(3)9-13(18)16(5)7-6-14-4;;/h8,12,14H,6-7,9H2,1-5H3;2*1H. The van der Waals surface area contributed by atoms with E-state index in [0.29, 0.717) is 6.42 Å². The number of carbonyl (C=O) groups is 1. The van der Waals surface area contributed by atoms with Crippen molar-refractivity contribution in [2.75, 3.05) is 27.2 Å². The maximum atomic E-state index is 12.0. The molecule has 0 aliphatic rings. The van der Waals surface area contributed by atoms with Crippen molar-refractivity contribution in [1.29, 1.82) is 0 Å². The van der Waals surface area contributed by atoms with Crippen LogP contribution < -0.4 is 5.32 Å². The highest BCUT2D eigenvalue weighted by Crippen LogP contribution is 2.15. The number of halogens is 2. The Balaban J connectivity index is 0. The van der Waals surface area contributed by atoms with Crippen molar-refractivity contribution >= 4 is 30.7 Å². The number of rotatable bonds is 6. The Labute approximate surface area is 133 Å². The van der Waals surface area contributed by atoms with Crippen LogP contribution >= 0.6 is 24.8 Å². The minimum Gasteiger partial charge on any atom is -0.344 e. The van der Waals surface area contributed by atoms with E-state index in [0.717, 1.165) is 24.5 Å². The van der Waals surface area contributed by atoms with E-state index in [-0.39, 0.29) is 36.8 Å². The third-order valence-electron chi connectivity index (χ3n) is 3.06. The number of amides is 1. The van der Waals surface area contributed by atoms with E-state index in [4.69, 9.17) is 0 Å². The molecule has 0 aromatic carbocycles. The fraction of sp³-hybridized carbons (Fsp3) is 0.692. The average Bonchev–Trinajstić information content (AvgIpc) is 2.65. The molecular weight excluding hydrogens is 299 g/mol. The average molecular weight is 325 g/mol. The molecule has 20 heavy (non-hydrogen) atoms. The summed E-state index contributed by atoms with van der Waals surface area (Å²) in [5, 5.41) is 7.46. The van der Waals surface area contributed by atoms with E-state index in [1.165, 1.54) is 0 Å². The second kappa shape index (κ2) is 10.0. The van der Waals surface area contributed by atoms with Crippen LogP contribution in [-0.4, -0.2) is 47.8 Å². The number of hydrogen-bond donors (Lipinski definition) is 1. The number of likely N-dealkylation sites (N-methyl/N-ethyl adjacent to an activating group) is 2. The Morgan fingerprint density at radius 2 is 2.05 bits per heavy atom. The first-order valence-corrected chi connectivity index (χ1v) is 6.37. The molecule has 1 rings (SSSR count). The molecule has 1 amide bonds. The zero-order valence-corrected chi connectivity index (χ0v) is 14.5. The van der Waals surface area contributed by atoms with E-state index < -0.39 is 0 Å².